The Bertz CT molecular complexity index is 903. The molecular weight excluding hydrogens is 386 g/mol. The molecule has 2 aromatic carbocycles. The number of imide groups is 1. The van der Waals surface area contributed by atoms with Crippen LogP contribution >= 0.6 is 11.8 Å². The highest BCUT2D eigenvalue weighted by atomic mass is 32.2. The van der Waals surface area contributed by atoms with Gasteiger partial charge in [0, 0.05) is 6.54 Å². The molecule has 2 aromatic rings. The minimum Gasteiger partial charge on any atom is -0.497 e. The molecule has 5 nitrogen and oxygen atoms in total. The zero-order valence-corrected chi connectivity index (χ0v) is 17.8. The third-order valence-corrected chi connectivity index (χ3v) is 5.61. The van der Waals surface area contributed by atoms with E-state index in [-0.39, 0.29) is 11.8 Å². The van der Waals surface area contributed by atoms with Crippen LogP contribution in [0.3, 0.4) is 0 Å². The third kappa shape index (κ3) is 4.65. The molecule has 3 rings (SSSR count). The van der Waals surface area contributed by atoms with E-state index in [0.29, 0.717) is 30.1 Å². The van der Waals surface area contributed by atoms with Gasteiger partial charge in [0.15, 0.2) is 0 Å². The van der Waals surface area contributed by atoms with Gasteiger partial charge < -0.3 is 9.47 Å². The van der Waals surface area contributed by atoms with Gasteiger partial charge in [-0.2, -0.15) is 0 Å². The molecule has 6 heteroatoms. The van der Waals surface area contributed by atoms with Crippen LogP contribution in [0.4, 0.5) is 0 Å². The molecule has 0 saturated carbocycles. The van der Waals surface area contributed by atoms with Crippen molar-refractivity contribution in [3.05, 3.63) is 64.6 Å². The summed E-state index contributed by atoms with van der Waals surface area (Å²) in [6.07, 6.45) is 0.599. The monoisotopic (exact) mass is 411 g/mol. The Labute approximate surface area is 175 Å². The largest absolute Gasteiger partial charge is 0.497 e. The van der Waals surface area contributed by atoms with Crippen LogP contribution in [-0.4, -0.2) is 42.7 Å². The van der Waals surface area contributed by atoms with E-state index < -0.39 is 0 Å². The second-order valence-corrected chi connectivity index (χ2v) is 7.73. The third-order valence-electron chi connectivity index (χ3n) is 4.65. The van der Waals surface area contributed by atoms with Crippen LogP contribution in [0.25, 0.3) is 5.57 Å². The fraction of sp³-hybridized carbons (Fsp3) is 0.304. The fourth-order valence-electron chi connectivity index (χ4n) is 3.21. The minimum absolute atomic E-state index is 0.209. The maximum Gasteiger partial charge on any atom is 0.267 e. The fourth-order valence-corrected chi connectivity index (χ4v) is 4.08. The smallest absolute Gasteiger partial charge is 0.267 e. The number of methoxy groups -OCH3 is 1. The van der Waals surface area contributed by atoms with E-state index in [0.717, 1.165) is 28.4 Å². The zero-order chi connectivity index (χ0) is 20.8. The molecule has 1 aliphatic rings. The van der Waals surface area contributed by atoms with Crippen LogP contribution < -0.4 is 9.47 Å². The van der Waals surface area contributed by atoms with E-state index >= 15 is 0 Å². The lowest BCUT2D eigenvalue weighted by molar-refractivity contribution is -0.136. The van der Waals surface area contributed by atoms with Gasteiger partial charge in [0.1, 0.15) is 11.5 Å². The van der Waals surface area contributed by atoms with Crippen molar-refractivity contribution < 1.29 is 19.1 Å². The van der Waals surface area contributed by atoms with Gasteiger partial charge in [-0.3, -0.25) is 14.5 Å². The van der Waals surface area contributed by atoms with Gasteiger partial charge in [-0.1, -0.05) is 31.2 Å². The second-order valence-electron chi connectivity index (χ2n) is 6.45. The first-order valence-corrected chi connectivity index (χ1v) is 10.7. The van der Waals surface area contributed by atoms with Gasteiger partial charge in [-0.05, 0) is 54.5 Å². The van der Waals surface area contributed by atoms with Crippen molar-refractivity contribution >= 4 is 29.1 Å². The number of thioether (sulfide) groups is 1. The van der Waals surface area contributed by atoms with Crippen molar-refractivity contribution in [3.8, 4) is 11.5 Å². The molecule has 1 heterocycles. The molecule has 0 radical (unpaired) electrons. The number of hydrogen-bond donors (Lipinski definition) is 0. The molecule has 0 saturated heterocycles. The number of amides is 2. The Morgan fingerprint density at radius 1 is 0.897 bits per heavy atom. The lowest BCUT2D eigenvalue weighted by Crippen LogP contribution is -2.33. The first-order valence-electron chi connectivity index (χ1n) is 9.68. The van der Waals surface area contributed by atoms with Gasteiger partial charge in [0.05, 0.1) is 24.2 Å². The average Bonchev–Trinajstić information content (AvgIpc) is 2.97. The zero-order valence-electron chi connectivity index (χ0n) is 16.9. The summed E-state index contributed by atoms with van der Waals surface area (Å²) in [6.45, 7) is 4.82. The number of carbonyl (C=O) groups excluding carboxylic acids is 2. The van der Waals surface area contributed by atoms with E-state index in [9.17, 15) is 9.59 Å². The normalized spacial score (nSPS) is 14.0. The van der Waals surface area contributed by atoms with Crippen molar-refractivity contribution in [2.45, 2.75) is 20.3 Å². The highest BCUT2D eigenvalue weighted by Gasteiger charge is 2.38. The molecular formula is C23H25NO4S. The summed E-state index contributed by atoms with van der Waals surface area (Å²) in [5.41, 5.74) is 2.28. The maximum atomic E-state index is 13.1. The summed E-state index contributed by atoms with van der Waals surface area (Å²) in [7, 11) is 1.62. The molecule has 152 valence electrons. The Balaban J connectivity index is 1.79. The lowest BCUT2D eigenvalue weighted by atomic mass is 10.1. The molecule has 1 aliphatic heterocycles. The number of hydrogen-bond acceptors (Lipinski definition) is 5. The Kier molecular flexibility index (Phi) is 6.99. The highest BCUT2D eigenvalue weighted by molar-refractivity contribution is 8.04. The van der Waals surface area contributed by atoms with Crippen molar-refractivity contribution in [1.82, 2.24) is 4.90 Å². The molecule has 0 aromatic heterocycles. The number of carbonyl (C=O) groups is 2. The Morgan fingerprint density at radius 2 is 1.55 bits per heavy atom. The van der Waals surface area contributed by atoms with Crippen LogP contribution in [-0.2, 0) is 16.0 Å². The second kappa shape index (κ2) is 9.65. The molecule has 0 N–H and O–H groups in total. The molecule has 0 fully saturated rings. The van der Waals surface area contributed by atoms with Crippen molar-refractivity contribution in [3.63, 3.8) is 0 Å². The highest BCUT2D eigenvalue weighted by Crippen LogP contribution is 2.36. The van der Waals surface area contributed by atoms with Gasteiger partial charge in [0.25, 0.3) is 11.8 Å². The average molecular weight is 412 g/mol. The summed E-state index contributed by atoms with van der Waals surface area (Å²) in [6, 6.07) is 15.0. The predicted octanol–water partition coefficient (Wildman–Crippen LogP) is 4.17. The van der Waals surface area contributed by atoms with Gasteiger partial charge >= 0.3 is 0 Å². The first kappa shape index (κ1) is 21.0. The molecule has 0 atom stereocenters. The lowest BCUT2D eigenvalue weighted by Gasteiger charge is -2.15. The van der Waals surface area contributed by atoms with E-state index in [1.54, 1.807) is 7.11 Å². The van der Waals surface area contributed by atoms with E-state index in [2.05, 4.69) is 0 Å². The summed E-state index contributed by atoms with van der Waals surface area (Å²) in [5.74, 6) is 1.81. The molecule has 0 aliphatic carbocycles. The van der Waals surface area contributed by atoms with Gasteiger partial charge in [-0.25, -0.2) is 0 Å². The van der Waals surface area contributed by atoms with Crippen LogP contribution in [0.2, 0.25) is 0 Å². The number of nitrogens with zero attached hydrogens (tertiary/aromatic N) is 1. The number of ether oxygens (including phenoxy) is 2. The summed E-state index contributed by atoms with van der Waals surface area (Å²) in [5, 5.41) is 0. The minimum atomic E-state index is -0.233. The molecule has 2 amide bonds. The Hall–Kier alpha value is -2.73. The standard InChI is InChI=1S/C23H25NO4S/c1-4-28-19-12-8-17(9-13-19)20-21(29-5-2)23(26)24(22(20)25)15-14-16-6-10-18(27-3)11-7-16/h6-13H,4-5,14-15H2,1-3H3. The number of benzene rings is 2. The van der Waals surface area contributed by atoms with Crippen molar-refractivity contribution in [2.75, 3.05) is 26.0 Å². The molecule has 0 spiro atoms. The predicted molar refractivity (Wildman–Crippen MR) is 116 cm³/mol. The van der Waals surface area contributed by atoms with Crippen LogP contribution in [0.1, 0.15) is 25.0 Å². The van der Waals surface area contributed by atoms with Gasteiger partial charge in [-0.15, -0.1) is 11.8 Å². The van der Waals surface area contributed by atoms with E-state index in [1.807, 2.05) is 62.4 Å². The summed E-state index contributed by atoms with van der Waals surface area (Å²) < 4.78 is 10.7. The number of rotatable bonds is 9. The van der Waals surface area contributed by atoms with Crippen LogP contribution in [0, 0.1) is 0 Å². The maximum absolute atomic E-state index is 13.1. The van der Waals surface area contributed by atoms with Crippen molar-refractivity contribution in [2.24, 2.45) is 0 Å². The topological polar surface area (TPSA) is 55.8 Å². The first-order chi connectivity index (χ1) is 14.1. The molecule has 0 bridgehead atoms. The molecule has 0 unspecified atom stereocenters. The Morgan fingerprint density at radius 3 is 2.14 bits per heavy atom. The SMILES string of the molecule is CCOc1ccc(C2=C(SCC)C(=O)N(CCc3ccc(OC)cc3)C2=O)cc1. The van der Waals surface area contributed by atoms with Gasteiger partial charge in [0.2, 0.25) is 0 Å². The quantitative estimate of drug-likeness (QED) is 0.580. The van der Waals surface area contributed by atoms with Crippen LogP contribution in [0.15, 0.2) is 53.4 Å². The summed E-state index contributed by atoms with van der Waals surface area (Å²) in [4.78, 5) is 28.0. The van der Waals surface area contributed by atoms with Crippen LogP contribution in [0.5, 0.6) is 11.5 Å². The van der Waals surface area contributed by atoms with Crippen molar-refractivity contribution in [1.29, 1.82) is 0 Å². The van der Waals surface area contributed by atoms with E-state index in [1.165, 1.54) is 16.7 Å². The molecule has 29 heavy (non-hydrogen) atoms. The van der Waals surface area contributed by atoms with E-state index in [4.69, 9.17) is 9.47 Å². The summed E-state index contributed by atoms with van der Waals surface area (Å²) >= 11 is 1.42.